The summed E-state index contributed by atoms with van der Waals surface area (Å²) in [4.78, 5) is 21.0. The van der Waals surface area contributed by atoms with Gasteiger partial charge in [0.2, 0.25) is 5.91 Å². The first kappa shape index (κ1) is 17.7. The lowest BCUT2D eigenvalue weighted by atomic mass is 10.2. The van der Waals surface area contributed by atoms with Crippen molar-refractivity contribution in [1.82, 2.24) is 15.1 Å². The molecule has 2 aromatic heterocycles. The zero-order chi connectivity index (χ0) is 17.7. The predicted molar refractivity (Wildman–Crippen MR) is 79.4 cm³/mol. The molecule has 0 aliphatic rings. The van der Waals surface area contributed by atoms with Gasteiger partial charge in [-0.15, -0.1) is 0 Å². The van der Waals surface area contributed by atoms with Gasteiger partial charge in [0, 0.05) is 26.9 Å². The van der Waals surface area contributed by atoms with Gasteiger partial charge in [-0.2, -0.15) is 18.2 Å². The Morgan fingerprint density at radius 3 is 2.62 bits per heavy atom. The van der Waals surface area contributed by atoms with Crippen LogP contribution in [0, 0.1) is 0 Å². The molecule has 0 atom stereocenters. The van der Waals surface area contributed by atoms with Gasteiger partial charge in [0.25, 0.3) is 0 Å². The van der Waals surface area contributed by atoms with E-state index in [4.69, 9.17) is 0 Å². The molecule has 2 heterocycles. The normalized spacial score (nSPS) is 11.4. The van der Waals surface area contributed by atoms with E-state index in [0.29, 0.717) is 12.2 Å². The monoisotopic (exact) mass is 343 g/mol. The quantitative estimate of drug-likeness (QED) is 0.868. The summed E-state index contributed by atoms with van der Waals surface area (Å²) in [6.45, 7) is 0. The molecule has 2 aromatic rings. The highest BCUT2D eigenvalue weighted by Crippen LogP contribution is 2.27. The maximum Gasteiger partial charge on any atom is 0.471 e. The lowest BCUT2D eigenvalue weighted by Crippen LogP contribution is -2.14. The number of aryl methyl sites for hydroxylation is 1. The van der Waals surface area contributed by atoms with E-state index in [1.807, 2.05) is 19.0 Å². The van der Waals surface area contributed by atoms with Crippen molar-refractivity contribution in [2.75, 3.05) is 24.3 Å². The highest BCUT2D eigenvalue weighted by atomic mass is 19.4. The fraction of sp³-hybridized carbons (Fsp3) is 0.429. The van der Waals surface area contributed by atoms with Crippen molar-refractivity contribution >= 4 is 17.4 Å². The zero-order valence-electron chi connectivity index (χ0n) is 13.1. The molecule has 2 rings (SSSR count). The van der Waals surface area contributed by atoms with E-state index in [2.05, 4.69) is 25.0 Å². The van der Waals surface area contributed by atoms with Crippen molar-refractivity contribution in [3.8, 4) is 0 Å². The molecule has 1 amide bonds. The van der Waals surface area contributed by atoms with Crippen molar-refractivity contribution in [2.24, 2.45) is 0 Å². The fourth-order valence-corrected chi connectivity index (χ4v) is 1.81. The van der Waals surface area contributed by atoms with Crippen LogP contribution in [0.1, 0.15) is 24.6 Å². The van der Waals surface area contributed by atoms with Crippen LogP contribution in [0.3, 0.4) is 0 Å². The Hall–Kier alpha value is -2.65. The molecule has 0 saturated heterocycles. The van der Waals surface area contributed by atoms with Crippen LogP contribution in [0.4, 0.5) is 24.7 Å². The number of anilines is 2. The molecule has 10 heteroatoms. The Labute approximate surface area is 135 Å². The number of halogens is 3. The summed E-state index contributed by atoms with van der Waals surface area (Å²) in [6, 6.07) is 3.47. The molecule has 0 fully saturated rings. The van der Waals surface area contributed by atoms with Crippen LogP contribution in [0.2, 0.25) is 0 Å². The molecule has 0 bridgehead atoms. The number of hydrogen-bond donors (Lipinski definition) is 1. The van der Waals surface area contributed by atoms with Gasteiger partial charge in [-0.1, -0.05) is 5.16 Å². The van der Waals surface area contributed by atoms with E-state index in [1.165, 1.54) is 0 Å². The third-order valence-corrected chi connectivity index (χ3v) is 3.05. The van der Waals surface area contributed by atoms with Gasteiger partial charge in [0.1, 0.15) is 5.82 Å². The van der Waals surface area contributed by atoms with E-state index in [0.717, 1.165) is 5.69 Å². The van der Waals surface area contributed by atoms with Crippen molar-refractivity contribution < 1.29 is 22.5 Å². The van der Waals surface area contributed by atoms with Crippen LogP contribution in [-0.2, 0) is 17.4 Å². The van der Waals surface area contributed by atoms with Crippen molar-refractivity contribution in [2.45, 2.75) is 25.4 Å². The predicted octanol–water partition coefficient (Wildman–Crippen LogP) is 2.51. The summed E-state index contributed by atoms with van der Waals surface area (Å²) in [5, 5.41) is 5.85. The summed E-state index contributed by atoms with van der Waals surface area (Å²) in [5.41, 5.74) is 0.894. The van der Waals surface area contributed by atoms with E-state index in [1.54, 1.807) is 18.3 Å². The van der Waals surface area contributed by atoms with Gasteiger partial charge < -0.3 is 14.7 Å². The highest BCUT2D eigenvalue weighted by Gasteiger charge is 2.38. The second-order valence-electron chi connectivity index (χ2n) is 5.21. The molecular weight excluding hydrogens is 327 g/mol. The molecule has 24 heavy (non-hydrogen) atoms. The average molecular weight is 343 g/mol. The van der Waals surface area contributed by atoms with Crippen LogP contribution in [0.25, 0.3) is 0 Å². The minimum absolute atomic E-state index is 0.0800. The molecule has 0 aromatic carbocycles. The van der Waals surface area contributed by atoms with E-state index >= 15 is 0 Å². The molecule has 0 spiro atoms. The van der Waals surface area contributed by atoms with E-state index in [-0.39, 0.29) is 24.6 Å². The SMILES string of the molecule is CN(C)c1ccc(NC(=O)CCCc2noc(C(F)(F)F)n2)nc1. The van der Waals surface area contributed by atoms with Crippen LogP contribution < -0.4 is 10.2 Å². The standard InChI is InChI=1S/C14H16F3N5O2/c1-22(2)9-6-7-10(18-8-9)19-12(23)5-3-4-11-20-13(24-21-11)14(15,16)17/h6-8H,3-5H2,1-2H3,(H,18,19,23). The first-order valence-corrected chi connectivity index (χ1v) is 7.08. The molecule has 1 N–H and O–H groups in total. The van der Waals surface area contributed by atoms with Gasteiger partial charge in [0.05, 0.1) is 11.9 Å². The molecule has 0 aliphatic heterocycles. The molecule has 130 valence electrons. The second-order valence-corrected chi connectivity index (χ2v) is 5.21. The van der Waals surface area contributed by atoms with E-state index < -0.39 is 12.1 Å². The number of alkyl halides is 3. The zero-order valence-corrected chi connectivity index (χ0v) is 13.1. The molecule has 0 radical (unpaired) electrons. The number of pyridine rings is 1. The Morgan fingerprint density at radius 1 is 1.33 bits per heavy atom. The number of nitrogens with one attached hydrogen (secondary N) is 1. The van der Waals surface area contributed by atoms with Crippen LogP contribution >= 0.6 is 0 Å². The number of aromatic nitrogens is 3. The Kier molecular flexibility index (Phi) is 5.37. The lowest BCUT2D eigenvalue weighted by Gasteiger charge is -2.12. The molecule has 0 aliphatic carbocycles. The maximum atomic E-state index is 12.3. The van der Waals surface area contributed by atoms with Crippen molar-refractivity contribution in [3.63, 3.8) is 0 Å². The number of carbonyl (C=O) groups is 1. The first-order valence-electron chi connectivity index (χ1n) is 7.08. The fourth-order valence-electron chi connectivity index (χ4n) is 1.81. The Bertz CT molecular complexity index is 682. The van der Waals surface area contributed by atoms with Crippen LogP contribution in [0.5, 0.6) is 0 Å². The number of hydrogen-bond acceptors (Lipinski definition) is 6. The Morgan fingerprint density at radius 2 is 2.08 bits per heavy atom. The first-order chi connectivity index (χ1) is 11.3. The average Bonchev–Trinajstić information content (AvgIpc) is 2.97. The number of rotatable bonds is 6. The maximum absolute atomic E-state index is 12.3. The van der Waals surface area contributed by atoms with Gasteiger partial charge in [0.15, 0.2) is 5.82 Å². The molecular formula is C14H16F3N5O2. The van der Waals surface area contributed by atoms with Crippen molar-refractivity contribution in [3.05, 3.63) is 30.0 Å². The third kappa shape index (κ3) is 4.93. The summed E-state index contributed by atoms with van der Waals surface area (Å²) >= 11 is 0. The highest BCUT2D eigenvalue weighted by molar-refractivity contribution is 5.89. The van der Waals surface area contributed by atoms with Crippen molar-refractivity contribution in [1.29, 1.82) is 0 Å². The van der Waals surface area contributed by atoms with E-state index in [9.17, 15) is 18.0 Å². The topological polar surface area (TPSA) is 84.2 Å². The Balaban J connectivity index is 1.78. The number of amides is 1. The lowest BCUT2D eigenvalue weighted by molar-refractivity contribution is -0.159. The molecule has 7 nitrogen and oxygen atoms in total. The third-order valence-electron chi connectivity index (χ3n) is 3.05. The summed E-state index contributed by atoms with van der Waals surface area (Å²) < 4.78 is 41.0. The van der Waals surface area contributed by atoms with Crippen LogP contribution in [0.15, 0.2) is 22.9 Å². The van der Waals surface area contributed by atoms with Gasteiger partial charge in [-0.05, 0) is 18.6 Å². The smallest absolute Gasteiger partial charge is 0.376 e. The van der Waals surface area contributed by atoms with Crippen LogP contribution in [-0.4, -0.2) is 35.1 Å². The minimum atomic E-state index is -4.66. The summed E-state index contributed by atoms with van der Waals surface area (Å²) in [5.74, 6) is -1.35. The molecule has 0 saturated carbocycles. The minimum Gasteiger partial charge on any atom is -0.376 e. The van der Waals surface area contributed by atoms with Gasteiger partial charge in [-0.25, -0.2) is 4.98 Å². The van der Waals surface area contributed by atoms with Gasteiger partial charge >= 0.3 is 12.1 Å². The summed E-state index contributed by atoms with van der Waals surface area (Å²) in [6.07, 6.45) is -2.54. The number of nitrogens with zero attached hydrogens (tertiary/aromatic N) is 4. The van der Waals surface area contributed by atoms with Gasteiger partial charge in [-0.3, -0.25) is 4.79 Å². The summed E-state index contributed by atoms with van der Waals surface area (Å²) in [7, 11) is 3.74. The number of carbonyl (C=O) groups excluding carboxylic acids is 1. The largest absolute Gasteiger partial charge is 0.471 e. The second kappa shape index (κ2) is 7.28. The molecule has 0 unspecified atom stereocenters.